The summed E-state index contributed by atoms with van der Waals surface area (Å²) in [5, 5.41) is 29.7. The minimum atomic E-state index is -0.997. The van der Waals surface area contributed by atoms with Gasteiger partial charge in [0.05, 0.1) is 0 Å². The van der Waals surface area contributed by atoms with Crippen molar-refractivity contribution in [3.05, 3.63) is 51.3 Å². The molecular weight excluding hydrogens is 584 g/mol. The molecule has 3 aliphatic heterocycles. The fourth-order valence-corrected chi connectivity index (χ4v) is 5.56. The van der Waals surface area contributed by atoms with Gasteiger partial charge < -0.3 is 32.5 Å². The molecule has 1 spiro atoms. The molecule has 19 heteroatoms. The van der Waals surface area contributed by atoms with Crippen molar-refractivity contribution in [2.75, 3.05) is 19.6 Å². The number of aryl methyl sites for hydroxylation is 2. The zero-order valence-corrected chi connectivity index (χ0v) is 24.0. The molecular formula is C24H35ClN14O4. The highest BCUT2D eigenvalue weighted by Crippen LogP contribution is 2.28. The Bertz CT molecular complexity index is 1280. The second-order valence-electron chi connectivity index (χ2n) is 10.5. The number of piperidine rings is 1. The minimum Gasteiger partial charge on any atom is -0.358 e. The second kappa shape index (κ2) is 14.3. The monoisotopic (exact) mass is 618 g/mol. The number of hydrogen-bond acceptors (Lipinski definition) is 13. The summed E-state index contributed by atoms with van der Waals surface area (Å²) in [6, 6.07) is 6.63. The maximum atomic E-state index is 13.2. The van der Waals surface area contributed by atoms with E-state index >= 15 is 0 Å². The van der Waals surface area contributed by atoms with Crippen molar-refractivity contribution < 1.29 is 14.4 Å². The summed E-state index contributed by atoms with van der Waals surface area (Å²) in [5.41, 5.74) is 1.55. The number of halogens is 1. The number of hydrogen-bond donors (Lipinski definition) is 7. The van der Waals surface area contributed by atoms with Gasteiger partial charge in [-0.1, -0.05) is 46.3 Å². The van der Waals surface area contributed by atoms with Gasteiger partial charge in [-0.2, -0.15) is 0 Å². The van der Waals surface area contributed by atoms with Crippen molar-refractivity contribution in [2.45, 2.75) is 62.6 Å². The molecule has 0 saturated carbocycles. The second-order valence-corrected chi connectivity index (χ2v) is 10.9. The summed E-state index contributed by atoms with van der Waals surface area (Å²) in [6.45, 7) is 1.55. The Morgan fingerprint density at radius 3 is 2.28 bits per heavy atom. The van der Waals surface area contributed by atoms with Crippen LogP contribution in [0.15, 0.2) is 61.1 Å². The van der Waals surface area contributed by atoms with Crippen LogP contribution in [0, 0.1) is 4.91 Å². The molecule has 3 aliphatic rings. The lowest BCUT2D eigenvalue weighted by Crippen LogP contribution is -2.63. The molecule has 3 atom stereocenters. The van der Waals surface area contributed by atoms with Gasteiger partial charge in [0, 0.05) is 43.2 Å². The first kappa shape index (κ1) is 31.7. The number of nitroso groups, excluding NO2 is 1. The van der Waals surface area contributed by atoms with Crippen LogP contribution in [0.5, 0.6) is 0 Å². The van der Waals surface area contributed by atoms with Gasteiger partial charge in [-0.3, -0.25) is 25.5 Å². The lowest BCUT2D eigenvalue weighted by Gasteiger charge is -2.39. The smallest absolute Gasteiger partial charge is 0.286 e. The molecule has 10 N–H and O–H groups in total. The van der Waals surface area contributed by atoms with E-state index in [0.717, 1.165) is 11.1 Å². The van der Waals surface area contributed by atoms with Crippen LogP contribution in [0.4, 0.5) is 0 Å². The molecule has 0 aliphatic carbocycles. The Morgan fingerprint density at radius 2 is 1.67 bits per heavy atom. The van der Waals surface area contributed by atoms with Crippen LogP contribution in [-0.2, 0) is 27.2 Å². The number of rotatable bonds is 10. The van der Waals surface area contributed by atoms with Crippen LogP contribution >= 0.6 is 11.6 Å². The van der Waals surface area contributed by atoms with Crippen LogP contribution in [0.25, 0.3) is 0 Å². The first-order chi connectivity index (χ1) is 20.7. The molecule has 3 amide bonds. The average Bonchev–Trinajstić information content (AvgIpc) is 3.30. The van der Waals surface area contributed by atoms with Gasteiger partial charge in [-0.15, -0.1) is 15.1 Å². The first-order valence-electron chi connectivity index (χ1n) is 13.6. The van der Waals surface area contributed by atoms with Crippen LogP contribution in [0.3, 0.4) is 0 Å². The molecule has 0 bridgehead atoms. The number of carbonyl (C=O) groups excluding carboxylic acids is 3. The molecule has 43 heavy (non-hydrogen) atoms. The molecule has 0 aromatic heterocycles. The number of nitrogens with two attached hydrogens (primary N) is 3. The summed E-state index contributed by atoms with van der Waals surface area (Å²) in [5.74, 6) is 15.5. The van der Waals surface area contributed by atoms with Gasteiger partial charge in [0.1, 0.15) is 17.5 Å². The van der Waals surface area contributed by atoms with Crippen LogP contribution in [0.2, 0.25) is 0 Å². The zero-order chi connectivity index (χ0) is 31.0. The Morgan fingerprint density at radius 1 is 1.02 bits per heavy atom. The van der Waals surface area contributed by atoms with E-state index in [4.69, 9.17) is 29.1 Å². The molecule has 4 rings (SSSR count). The number of nitrogens with one attached hydrogen (secondary N) is 4. The molecule has 0 radical (unpaired) electrons. The van der Waals surface area contributed by atoms with Crippen LogP contribution in [0.1, 0.15) is 36.8 Å². The number of likely N-dealkylation sites (tertiary alicyclic amines) is 1. The van der Waals surface area contributed by atoms with Gasteiger partial charge in [0.25, 0.3) is 5.91 Å². The van der Waals surface area contributed by atoms with Crippen LogP contribution in [-0.4, -0.2) is 71.3 Å². The van der Waals surface area contributed by atoms with E-state index in [9.17, 15) is 19.3 Å². The highest BCUT2D eigenvalue weighted by atomic mass is 35.5. The van der Waals surface area contributed by atoms with Crippen molar-refractivity contribution in [3.8, 4) is 0 Å². The number of nitrogens with zero attached hydrogens (tertiary/aromatic N) is 7. The lowest BCUT2D eigenvalue weighted by atomic mass is 9.88. The van der Waals surface area contributed by atoms with E-state index in [2.05, 4.69) is 47.1 Å². The zero-order valence-electron chi connectivity index (χ0n) is 23.3. The molecule has 2 saturated heterocycles. The standard InChI is InChI=1S/C24H35ClN14O4/c25-19-21(34-37-27)30-20(33-36-26)18(29-19)22(42)31-23-32-24(13-39(23)28)9-11-38(12-10-24)17(41)8-6-15-3-1-14(2-4-15)5-7-16(40)35-43/h1-4,18,20,23,29-30,32H,5-13,28H2,(H2,26,33)(H2,27,34)(H,31,42). The third-order valence-electron chi connectivity index (χ3n) is 7.71. The third-order valence-corrected chi connectivity index (χ3v) is 8.00. The summed E-state index contributed by atoms with van der Waals surface area (Å²) < 4.78 is 0. The fourth-order valence-electron chi connectivity index (χ4n) is 5.35. The van der Waals surface area contributed by atoms with E-state index in [1.165, 1.54) is 5.01 Å². The normalized spacial score (nSPS) is 23.9. The predicted molar refractivity (Wildman–Crippen MR) is 153 cm³/mol. The maximum Gasteiger partial charge on any atom is 0.286 e. The minimum absolute atomic E-state index is 0.00822. The molecule has 3 heterocycles. The quantitative estimate of drug-likeness (QED) is 0.0566. The van der Waals surface area contributed by atoms with Crippen molar-refractivity contribution in [1.82, 2.24) is 31.2 Å². The highest BCUT2D eigenvalue weighted by molar-refractivity contribution is 6.29. The Kier molecular flexibility index (Phi) is 10.5. The Hall–Kier alpha value is -4.26. The molecule has 3 unspecified atom stereocenters. The van der Waals surface area contributed by atoms with Crippen LogP contribution < -0.4 is 38.8 Å². The SMILES string of the molecule is NN=NC1=C(Cl)NC(C(=O)NC2NC3(CCN(C(=O)CCc4ccc(CCC(=O)N=O)cc4)CC3)CN2N)C(N=NN)N1. The predicted octanol–water partition coefficient (Wildman–Crippen LogP) is -0.711. The van der Waals surface area contributed by atoms with Gasteiger partial charge in [0.15, 0.2) is 12.0 Å². The van der Waals surface area contributed by atoms with E-state index in [1.54, 1.807) is 0 Å². The fraction of sp³-hybridized carbons (Fsp3) is 0.542. The van der Waals surface area contributed by atoms with E-state index in [-0.39, 0.29) is 28.8 Å². The average molecular weight is 619 g/mol. The van der Waals surface area contributed by atoms with E-state index in [0.29, 0.717) is 51.7 Å². The summed E-state index contributed by atoms with van der Waals surface area (Å²) >= 11 is 6.16. The molecule has 1 aromatic carbocycles. The molecule has 232 valence electrons. The Balaban J connectivity index is 1.25. The van der Waals surface area contributed by atoms with Gasteiger partial charge in [-0.25, -0.2) is 5.01 Å². The number of carbonyl (C=O) groups is 3. The highest BCUT2D eigenvalue weighted by Gasteiger charge is 2.46. The van der Waals surface area contributed by atoms with E-state index < -0.39 is 30.3 Å². The Labute approximate surface area is 251 Å². The van der Waals surface area contributed by atoms with Gasteiger partial charge in [-0.05, 0) is 36.8 Å². The maximum absolute atomic E-state index is 13.2. The van der Waals surface area contributed by atoms with Gasteiger partial charge >= 0.3 is 0 Å². The summed E-state index contributed by atoms with van der Waals surface area (Å²) in [6.07, 6.45) is 1.15. The molecule has 18 nitrogen and oxygen atoms in total. The third kappa shape index (κ3) is 7.98. The van der Waals surface area contributed by atoms with Crippen molar-refractivity contribution in [1.29, 1.82) is 0 Å². The van der Waals surface area contributed by atoms with E-state index in [1.807, 2.05) is 29.2 Å². The summed E-state index contributed by atoms with van der Waals surface area (Å²) in [4.78, 5) is 49.3. The lowest BCUT2D eigenvalue weighted by molar-refractivity contribution is -0.132. The van der Waals surface area contributed by atoms with Crippen molar-refractivity contribution in [2.24, 2.45) is 43.4 Å². The number of amides is 3. The first-order valence-corrected chi connectivity index (χ1v) is 14.0. The van der Waals surface area contributed by atoms with Gasteiger partial charge in [0.2, 0.25) is 11.8 Å². The van der Waals surface area contributed by atoms with Crippen molar-refractivity contribution in [3.63, 3.8) is 0 Å². The van der Waals surface area contributed by atoms with Crippen molar-refractivity contribution >= 4 is 29.3 Å². The molecule has 2 fully saturated rings. The largest absolute Gasteiger partial charge is 0.358 e. The topological polar surface area (TPSA) is 263 Å². The molecule has 1 aromatic rings. The number of hydrazine groups is 1. The summed E-state index contributed by atoms with van der Waals surface area (Å²) in [7, 11) is 0. The number of benzene rings is 1.